The highest BCUT2D eigenvalue weighted by Crippen LogP contribution is 2.31. The number of carbonyl (C=O) groups is 1. The van der Waals surface area contributed by atoms with Crippen molar-refractivity contribution in [2.45, 2.75) is 45.6 Å². The highest BCUT2D eigenvalue weighted by molar-refractivity contribution is 5.78. The minimum atomic E-state index is -0.905. The Kier molecular flexibility index (Phi) is 4.53. The molecular formula is C13H22N2O2. The van der Waals surface area contributed by atoms with Crippen LogP contribution in [0.3, 0.4) is 0 Å². The summed E-state index contributed by atoms with van der Waals surface area (Å²) in [5, 5.41) is 19.4. The average Bonchev–Trinajstić information content (AvgIpc) is 2.30. The third kappa shape index (κ3) is 2.98. The molecule has 1 amide bonds. The highest BCUT2D eigenvalue weighted by atomic mass is 16.3. The summed E-state index contributed by atoms with van der Waals surface area (Å²) in [6, 6.07) is 2.18. The Balaban J connectivity index is 2.62. The van der Waals surface area contributed by atoms with Gasteiger partial charge in [-0.3, -0.25) is 4.79 Å². The number of carbonyl (C=O) groups excluding carboxylic acids is 1. The predicted octanol–water partition coefficient (Wildman–Crippen LogP) is 1.55. The summed E-state index contributed by atoms with van der Waals surface area (Å²) in [5.74, 6) is -0.185. The topological polar surface area (TPSA) is 64.3 Å². The monoisotopic (exact) mass is 238 g/mol. The first-order chi connectivity index (χ1) is 7.94. The van der Waals surface area contributed by atoms with Gasteiger partial charge in [-0.2, -0.15) is 5.26 Å². The summed E-state index contributed by atoms with van der Waals surface area (Å²) >= 11 is 0. The summed E-state index contributed by atoms with van der Waals surface area (Å²) in [7, 11) is 0. The van der Waals surface area contributed by atoms with E-state index in [1.54, 1.807) is 4.90 Å². The van der Waals surface area contributed by atoms with E-state index >= 15 is 0 Å². The van der Waals surface area contributed by atoms with Crippen molar-refractivity contribution in [3.8, 4) is 6.07 Å². The maximum Gasteiger partial charge on any atom is 0.225 e. The zero-order valence-corrected chi connectivity index (χ0v) is 10.9. The molecule has 1 atom stereocenters. The average molecular weight is 238 g/mol. The lowest BCUT2D eigenvalue weighted by molar-refractivity contribution is -0.140. The molecule has 0 saturated carbocycles. The number of likely N-dealkylation sites (tertiary alicyclic amines) is 1. The molecule has 1 rings (SSSR count). The lowest BCUT2D eigenvalue weighted by atomic mass is 9.79. The lowest BCUT2D eigenvalue weighted by Crippen LogP contribution is -2.50. The summed E-state index contributed by atoms with van der Waals surface area (Å²) in [5.41, 5.74) is -0.905. The van der Waals surface area contributed by atoms with Gasteiger partial charge >= 0.3 is 0 Å². The molecule has 4 heteroatoms. The number of nitrogens with zero attached hydrogens (tertiary/aromatic N) is 2. The van der Waals surface area contributed by atoms with Crippen LogP contribution < -0.4 is 0 Å². The molecule has 0 bridgehead atoms. The molecule has 1 aliphatic rings. The van der Waals surface area contributed by atoms with Crippen LogP contribution in [0.2, 0.25) is 0 Å². The maximum atomic E-state index is 11.8. The third-order valence-corrected chi connectivity index (χ3v) is 3.65. The molecular weight excluding hydrogens is 216 g/mol. The Morgan fingerprint density at radius 2 is 2.00 bits per heavy atom. The first kappa shape index (κ1) is 14.0. The summed E-state index contributed by atoms with van der Waals surface area (Å²) in [4.78, 5) is 13.6. The zero-order chi connectivity index (χ0) is 13.1. The number of nitriles is 1. The molecule has 1 N–H and O–H groups in total. The third-order valence-electron chi connectivity index (χ3n) is 3.65. The molecule has 1 fully saturated rings. The molecule has 0 aromatic heterocycles. The molecule has 1 saturated heterocycles. The molecule has 96 valence electrons. The van der Waals surface area contributed by atoms with Gasteiger partial charge in [0.15, 0.2) is 0 Å². The van der Waals surface area contributed by atoms with E-state index in [1.165, 1.54) is 0 Å². The van der Waals surface area contributed by atoms with Crippen LogP contribution in [0.5, 0.6) is 0 Å². The molecule has 1 heterocycles. The van der Waals surface area contributed by atoms with Crippen LogP contribution in [0.25, 0.3) is 0 Å². The lowest BCUT2D eigenvalue weighted by Gasteiger charge is -2.41. The number of aliphatic hydroxyl groups is 1. The van der Waals surface area contributed by atoms with Crippen molar-refractivity contribution in [3.63, 3.8) is 0 Å². The Labute approximate surface area is 103 Å². The minimum absolute atomic E-state index is 0.000804. The second kappa shape index (κ2) is 5.50. The first-order valence-corrected chi connectivity index (χ1v) is 6.35. The number of hydrogen-bond donors (Lipinski definition) is 1. The summed E-state index contributed by atoms with van der Waals surface area (Å²) in [6.45, 7) is 6.80. The second-order valence-corrected chi connectivity index (χ2v) is 5.17. The first-order valence-electron chi connectivity index (χ1n) is 6.35. The molecule has 0 aromatic carbocycles. The molecule has 0 spiro atoms. The van der Waals surface area contributed by atoms with Gasteiger partial charge in [0.05, 0.1) is 17.6 Å². The largest absolute Gasteiger partial charge is 0.388 e. The fraction of sp³-hybridized carbons (Fsp3) is 0.846. The second-order valence-electron chi connectivity index (χ2n) is 5.17. The molecule has 1 unspecified atom stereocenters. The van der Waals surface area contributed by atoms with E-state index in [9.17, 15) is 9.90 Å². The van der Waals surface area contributed by atoms with E-state index in [-0.39, 0.29) is 17.7 Å². The van der Waals surface area contributed by atoms with Crippen LogP contribution >= 0.6 is 0 Å². The molecule has 4 nitrogen and oxygen atoms in total. The van der Waals surface area contributed by atoms with Crippen molar-refractivity contribution in [2.75, 3.05) is 13.1 Å². The summed E-state index contributed by atoms with van der Waals surface area (Å²) in [6.07, 6.45) is 1.68. The highest BCUT2D eigenvalue weighted by Gasteiger charge is 2.40. The molecule has 17 heavy (non-hydrogen) atoms. The number of amides is 1. The van der Waals surface area contributed by atoms with Crippen molar-refractivity contribution < 1.29 is 9.90 Å². The molecule has 1 aliphatic heterocycles. The van der Waals surface area contributed by atoms with Gasteiger partial charge in [0.25, 0.3) is 0 Å². The quantitative estimate of drug-likeness (QED) is 0.811. The fourth-order valence-electron chi connectivity index (χ4n) is 2.42. The van der Waals surface area contributed by atoms with Gasteiger partial charge in [-0.15, -0.1) is 0 Å². The Morgan fingerprint density at radius 1 is 1.47 bits per heavy atom. The van der Waals surface area contributed by atoms with Gasteiger partial charge in [0.1, 0.15) is 0 Å². The van der Waals surface area contributed by atoms with E-state index < -0.39 is 5.60 Å². The van der Waals surface area contributed by atoms with E-state index in [1.807, 2.05) is 20.8 Å². The van der Waals surface area contributed by atoms with Crippen LogP contribution in [-0.4, -0.2) is 34.6 Å². The normalized spacial score (nSPS) is 21.1. The predicted molar refractivity (Wildman–Crippen MR) is 65.0 cm³/mol. The fourth-order valence-corrected chi connectivity index (χ4v) is 2.42. The standard InChI is InChI=1S/C13H22N2O2/c1-4-11(9-14)13(17)5-7-15(8-6-13)12(16)10(2)3/h10-11,17H,4-8H2,1-3H3. The zero-order valence-electron chi connectivity index (χ0n) is 10.9. The van der Waals surface area contributed by atoms with Crippen molar-refractivity contribution in [1.82, 2.24) is 4.90 Å². The molecule has 0 aliphatic carbocycles. The van der Waals surface area contributed by atoms with Crippen LogP contribution in [-0.2, 0) is 4.79 Å². The Bertz CT molecular complexity index is 312. The SMILES string of the molecule is CCC(C#N)C1(O)CCN(C(=O)C(C)C)CC1. The maximum absolute atomic E-state index is 11.8. The van der Waals surface area contributed by atoms with Crippen molar-refractivity contribution in [2.24, 2.45) is 11.8 Å². The van der Waals surface area contributed by atoms with Gasteiger partial charge in [0.2, 0.25) is 5.91 Å². The number of piperidine rings is 1. The van der Waals surface area contributed by atoms with Crippen LogP contribution in [0, 0.1) is 23.2 Å². The Hall–Kier alpha value is -1.08. The van der Waals surface area contributed by atoms with Crippen LogP contribution in [0.15, 0.2) is 0 Å². The van der Waals surface area contributed by atoms with Gasteiger partial charge < -0.3 is 10.0 Å². The van der Waals surface area contributed by atoms with Crippen LogP contribution in [0.1, 0.15) is 40.0 Å². The molecule has 0 radical (unpaired) electrons. The van der Waals surface area contributed by atoms with Crippen molar-refractivity contribution >= 4 is 5.91 Å². The smallest absolute Gasteiger partial charge is 0.225 e. The van der Waals surface area contributed by atoms with Crippen molar-refractivity contribution in [1.29, 1.82) is 5.26 Å². The van der Waals surface area contributed by atoms with E-state index in [0.717, 1.165) is 0 Å². The Morgan fingerprint density at radius 3 is 2.35 bits per heavy atom. The van der Waals surface area contributed by atoms with Gasteiger partial charge in [0, 0.05) is 19.0 Å². The molecule has 0 aromatic rings. The number of hydrogen-bond acceptors (Lipinski definition) is 3. The van der Waals surface area contributed by atoms with E-state index in [0.29, 0.717) is 32.4 Å². The van der Waals surface area contributed by atoms with E-state index in [2.05, 4.69) is 6.07 Å². The number of rotatable bonds is 3. The summed E-state index contributed by atoms with van der Waals surface area (Å²) < 4.78 is 0. The van der Waals surface area contributed by atoms with Gasteiger partial charge in [-0.25, -0.2) is 0 Å². The van der Waals surface area contributed by atoms with Gasteiger partial charge in [-0.05, 0) is 19.3 Å². The van der Waals surface area contributed by atoms with Gasteiger partial charge in [-0.1, -0.05) is 20.8 Å². The van der Waals surface area contributed by atoms with Crippen LogP contribution in [0.4, 0.5) is 0 Å². The minimum Gasteiger partial charge on any atom is -0.388 e. The van der Waals surface area contributed by atoms with E-state index in [4.69, 9.17) is 5.26 Å². The van der Waals surface area contributed by atoms with Crippen molar-refractivity contribution in [3.05, 3.63) is 0 Å².